The van der Waals surface area contributed by atoms with Gasteiger partial charge in [-0.15, -0.1) is 0 Å². The predicted molar refractivity (Wildman–Crippen MR) is 133 cm³/mol. The molecule has 0 spiro atoms. The van der Waals surface area contributed by atoms with Crippen molar-refractivity contribution in [2.24, 2.45) is 46.3 Å². The molecule has 32 heavy (non-hydrogen) atoms. The summed E-state index contributed by atoms with van der Waals surface area (Å²) < 4.78 is 6.06. The van der Waals surface area contributed by atoms with E-state index in [1.807, 2.05) is 0 Å². The molecule has 0 bridgehead atoms. The standard InChI is InChI=1S/C30H49NO/c1-21(2)8-6-9-22(3)26-12-13-27-25-11-10-23-20-24(32-19-7-18-31)14-16-29(23,4)28(25)15-17-30(26,27)5/h10,21-22,24-28H,6-9,11-17,19-20H2,1-5H3/t22-,24-,25-,26+,27+,28+,29-,30+/m0/s1. The molecule has 0 aromatic carbocycles. The van der Waals surface area contributed by atoms with Crippen molar-refractivity contribution in [3.05, 3.63) is 11.6 Å². The van der Waals surface area contributed by atoms with Gasteiger partial charge in [0.05, 0.1) is 25.2 Å². The second-order valence-corrected chi connectivity index (χ2v) is 12.9. The molecule has 4 rings (SSSR count). The summed E-state index contributed by atoms with van der Waals surface area (Å²) in [6.45, 7) is 13.2. The van der Waals surface area contributed by atoms with Gasteiger partial charge >= 0.3 is 0 Å². The number of ether oxygens (including phenoxy) is 1. The zero-order chi connectivity index (χ0) is 22.9. The molecule has 4 aliphatic rings. The number of hydrogen-bond acceptors (Lipinski definition) is 2. The van der Waals surface area contributed by atoms with Gasteiger partial charge in [0.25, 0.3) is 0 Å². The SMILES string of the molecule is CC(C)CCC[C@H](C)[C@H]1CC[C@@H]2[C@@H]3CC=C4C[C@@H](OCCC#N)CC[C@]4(C)[C@@H]3CC[C@@]21C. The molecule has 3 fully saturated rings. The van der Waals surface area contributed by atoms with Crippen molar-refractivity contribution in [3.8, 4) is 6.07 Å². The molecule has 3 saturated carbocycles. The first-order valence-corrected chi connectivity index (χ1v) is 14.0. The third-order valence-corrected chi connectivity index (χ3v) is 10.8. The van der Waals surface area contributed by atoms with Crippen LogP contribution in [0.5, 0.6) is 0 Å². The fourth-order valence-electron chi connectivity index (χ4n) is 9.07. The molecule has 2 heteroatoms. The average Bonchev–Trinajstić information content (AvgIpc) is 3.11. The molecule has 8 atom stereocenters. The van der Waals surface area contributed by atoms with Gasteiger partial charge in [0, 0.05) is 0 Å². The van der Waals surface area contributed by atoms with Crippen LogP contribution < -0.4 is 0 Å². The molecule has 0 unspecified atom stereocenters. The minimum absolute atomic E-state index is 0.343. The first-order valence-electron chi connectivity index (χ1n) is 14.0. The zero-order valence-electron chi connectivity index (χ0n) is 21.7. The Kier molecular flexibility index (Phi) is 7.46. The highest BCUT2D eigenvalue weighted by Crippen LogP contribution is 2.67. The summed E-state index contributed by atoms with van der Waals surface area (Å²) in [4.78, 5) is 0. The lowest BCUT2D eigenvalue weighted by atomic mass is 9.47. The molecule has 0 saturated heterocycles. The molecule has 180 valence electrons. The Morgan fingerprint density at radius 2 is 1.88 bits per heavy atom. The number of fused-ring (bicyclic) bond motifs is 5. The van der Waals surface area contributed by atoms with Gasteiger partial charge in [-0.3, -0.25) is 0 Å². The summed E-state index contributed by atoms with van der Waals surface area (Å²) in [5, 5.41) is 8.82. The Balaban J connectivity index is 1.43. The van der Waals surface area contributed by atoms with E-state index in [-0.39, 0.29) is 0 Å². The van der Waals surface area contributed by atoms with Crippen LogP contribution in [0.2, 0.25) is 0 Å². The first-order chi connectivity index (χ1) is 15.3. The molecule has 0 radical (unpaired) electrons. The smallest absolute Gasteiger partial charge is 0.0645 e. The largest absolute Gasteiger partial charge is 0.377 e. The first kappa shape index (κ1) is 24.3. The Labute approximate surface area is 198 Å². The quantitative estimate of drug-likeness (QED) is 0.281. The van der Waals surface area contributed by atoms with Crippen molar-refractivity contribution in [1.29, 1.82) is 5.26 Å². The number of nitrogens with zero attached hydrogens (tertiary/aromatic N) is 1. The van der Waals surface area contributed by atoms with Gasteiger partial charge in [0.1, 0.15) is 0 Å². The Morgan fingerprint density at radius 3 is 2.62 bits per heavy atom. The van der Waals surface area contributed by atoms with Crippen LogP contribution in [-0.2, 0) is 4.74 Å². The van der Waals surface area contributed by atoms with Gasteiger partial charge in [-0.2, -0.15) is 5.26 Å². The van der Waals surface area contributed by atoms with Crippen molar-refractivity contribution in [2.45, 2.75) is 118 Å². The van der Waals surface area contributed by atoms with Crippen LogP contribution in [-0.4, -0.2) is 12.7 Å². The Hall–Kier alpha value is -0.810. The van der Waals surface area contributed by atoms with E-state index in [9.17, 15) is 0 Å². The lowest BCUT2D eigenvalue weighted by Crippen LogP contribution is -2.51. The number of nitriles is 1. The van der Waals surface area contributed by atoms with Crippen molar-refractivity contribution >= 4 is 0 Å². The van der Waals surface area contributed by atoms with Crippen LogP contribution in [0.25, 0.3) is 0 Å². The fraction of sp³-hybridized carbons (Fsp3) is 0.900. The van der Waals surface area contributed by atoms with E-state index < -0.39 is 0 Å². The van der Waals surface area contributed by atoms with Gasteiger partial charge in [-0.1, -0.05) is 65.5 Å². The van der Waals surface area contributed by atoms with Crippen LogP contribution in [0.3, 0.4) is 0 Å². The van der Waals surface area contributed by atoms with Crippen molar-refractivity contribution in [1.82, 2.24) is 0 Å². The highest BCUT2D eigenvalue weighted by atomic mass is 16.5. The molecule has 0 N–H and O–H groups in total. The van der Waals surface area contributed by atoms with Crippen LogP contribution in [0.1, 0.15) is 112 Å². The maximum Gasteiger partial charge on any atom is 0.0645 e. The van der Waals surface area contributed by atoms with E-state index in [0.717, 1.165) is 41.9 Å². The molecule has 4 aliphatic carbocycles. The molecular formula is C30H49NO. The van der Waals surface area contributed by atoms with Crippen LogP contribution in [0.15, 0.2) is 11.6 Å². The summed E-state index contributed by atoms with van der Waals surface area (Å²) in [5.41, 5.74) is 2.69. The summed E-state index contributed by atoms with van der Waals surface area (Å²) >= 11 is 0. The van der Waals surface area contributed by atoms with Gasteiger partial charge < -0.3 is 4.74 Å². The van der Waals surface area contributed by atoms with E-state index in [1.54, 1.807) is 5.57 Å². The minimum atomic E-state index is 0.343. The van der Waals surface area contributed by atoms with Crippen LogP contribution >= 0.6 is 0 Å². The van der Waals surface area contributed by atoms with Crippen LogP contribution in [0.4, 0.5) is 0 Å². The maximum atomic E-state index is 8.82. The van der Waals surface area contributed by atoms with E-state index in [4.69, 9.17) is 10.00 Å². The highest BCUT2D eigenvalue weighted by Gasteiger charge is 2.59. The summed E-state index contributed by atoms with van der Waals surface area (Å²) in [6.07, 6.45) is 18.5. The van der Waals surface area contributed by atoms with E-state index in [1.165, 1.54) is 64.2 Å². The second kappa shape index (κ2) is 9.82. The molecular weight excluding hydrogens is 390 g/mol. The normalized spacial score (nSPS) is 41.9. The van der Waals surface area contributed by atoms with Gasteiger partial charge in [-0.25, -0.2) is 0 Å². The van der Waals surface area contributed by atoms with Gasteiger partial charge in [0.15, 0.2) is 0 Å². The molecule has 0 amide bonds. The highest BCUT2D eigenvalue weighted by molar-refractivity contribution is 5.25. The van der Waals surface area contributed by atoms with Crippen LogP contribution in [0, 0.1) is 57.7 Å². The summed E-state index contributed by atoms with van der Waals surface area (Å²) in [6, 6.07) is 2.22. The summed E-state index contributed by atoms with van der Waals surface area (Å²) in [5.74, 6) is 5.43. The lowest BCUT2D eigenvalue weighted by molar-refractivity contribution is -0.0635. The van der Waals surface area contributed by atoms with E-state index >= 15 is 0 Å². The number of hydrogen-bond donors (Lipinski definition) is 0. The third-order valence-electron chi connectivity index (χ3n) is 10.8. The molecule has 0 heterocycles. The Bertz CT molecular complexity index is 719. The Morgan fingerprint density at radius 1 is 1.06 bits per heavy atom. The monoisotopic (exact) mass is 439 g/mol. The lowest BCUT2D eigenvalue weighted by Gasteiger charge is -2.58. The van der Waals surface area contributed by atoms with E-state index in [0.29, 0.717) is 30.0 Å². The average molecular weight is 440 g/mol. The number of rotatable bonds is 8. The van der Waals surface area contributed by atoms with E-state index in [2.05, 4.69) is 46.8 Å². The maximum absolute atomic E-state index is 8.82. The zero-order valence-corrected chi connectivity index (χ0v) is 21.7. The third kappa shape index (κ3) is 4.45. The topological polar surface area (TPSA) is 33.0 Å². The molecule has 2 nitrogen and oxygen atoms in total. The molecule has 0 aromatic rings. The molecule has 0 aliphatic heterocycles. The van der Waals surface area contributed by atoms with Gasteiger partial charge in [-0.05, 0) is 97.7 Å². The number of allylic oxidation sites excluding steroid dienone is 1. The minimum Gasteiger partial charge on any atom is -0.377 e. The summed E-state index contributed by atoms with van der Waals surface area (Å²) in [7, 11) is 0. The molecule has 0 aromatic heterocycles. The van der Waals surface area contributed by atoms with Crippen molar-refractivity contribution in [2.75, 3.05) is 6.61 Å². The van der Waals surface area contributed by atoms with Crippen molar-refractivity contribution < 1.29 is 4.74 Å². The second-order valence-electron chi connectivity index (χ2n) is 12.9. The predicted octanol–water partition coefficient (Wildman–Crippen LogP) is 8.33. The van der Waals surface area contributed by atoms with Crippen molar-refractivity contribution in [3.63, 3.8) is 0 Å². The van der Waals surface area contributed by atoms with Gasteiger partial charge in [0.2, 0.25) is 0 Å². The fourth-order valence-corrected chi connectivity index (χ4v) is 9.07.